The van der Waals surface area contributed by atoms with Gasteiger partial charge < -0.3 is 26.4 Å². The maximum atomic E-state index is 12.1. The van der Waals surface area contributed by atoms with E-state index in [1.165, 1.54) is 37.2 Å². The van der Waals surface area contributed by atoms with Crippen molar-refractivity contribution in [2.75, 3.05) is 24.7 Å². The van der Waals surface area contributed by atoms with Gasteiger partial charge in [0.15, 0.2) is 5.75 Å². The van der Waals surface area contributed by atoms with Crippen molar-refractivity contribution in [1.29, 1.82) is 0 Å². The summed E-state index contributed by atoms with van der Waals surface area (Å²) in [6.07, 6.45) is 0. The third-order valence-electron chi connectivity index (χ3n) is 4.12. The lowest BCUT2D eigenvalue weighted by Gasteiger charge is -2.23. The standard InChI is InChI=1S/C18H22N4O5/c1-8(2)11(17(19)26)21-13-12(15(24)16(13)25)20-10-7-5-6-9(14(10)23)18(27)22(3)4/h5-8,11,20-21,23H,1-4H3,(H2,19,26)/t11-/m1/s1. The van der Waals surface area contributed by atoms with Crippen molar-refractivity contribution in [3.8, 4) is 5.75 Å². The Morgan fingerprint density at radius 2 is 1.70 bits per heavy atom. The van der Waals surface area contributed by atoms with Crippen molar-refractivity contribution in [3.63, 3.8) is 0 Å². The number of hydrogen-bond acceptors (Lipinski definition) is 7. The van der Waals surface area contributed by atoms with E-state index < -0.39 is 28.7 Å². The highest BCUT2D eigenvalue weighted by Crippen LogP contribution is 2.32. The van der Waals surface area contributed by atoms with Crippen LogP contribution in [0.25, 0.3) is 0 Å². The van der Waals surface area contributed by atoms with Gasteiger partial charge in [0.25, 0.3) is 16.8 Å². The molecule has 0 fully saturated rings. The molecule has 0 bridgehead atoms. The fourth-order valence-electron chi connectivity index (χ4n) is 2.56. The fraction of sp³-hybridized carbons (Fsp3) is 0.333. The first kappa shape index (κ1) is 20.0. The zero-order chi connectivity index (χ0) is 20.5. The molecule has 5 N–H and O–H groups in total. The molecule has 0 aliphatic carbocycles. The molecule has 1 atom stereocenters. The molecule has 0 radical (unpaired) electrons. The van der Waals surface area contributed by atoms with Crippen LogP contribution in [0.5, 0.6) is 5.75 Å². The van der Waals surface area contributed by atoms with Crippen LogP contribution in [0, 0.1) is 5.92 Å². The summed E-state index contributed by atoms with van der Waals surface area (Å²) in [4.78, 5) is 48.8. The van der Waals surface area contributed by atoms with Crippen LogP contribution in [0.1, 0.15) is 24.2 Å². The molecule has 2 amide bonds. The van der Waals surface area contributed by atoms with E-state index in [0.717, 1.165) is 0 Å². The molecule has 0 saturated heterocycles. The first-order valence-electron chi connectivity index (χ1n) is 8.26. The minimum Gasteiger partial charge on any atom is -0.505 e. The highest BCUT2D eigenvalue weighted by atomic mass is 16.3. The summed E-state index contributed by atoms with van der Waals surface area (Å²) in [6.45, 7) is 3.48. The average Bonchev–Trinajstić information content (AvgIpc) is 2.60. The van der Waals surface area contributed by atoms with Gasteiger partial charge in [-0.3, -0.25) is 19.2 Å². The van der Waals surface area contributed by atoms with E-state index in [9.17, 15) is 24.3 Å². The Bertz CT molecular complexity index is 957. The van der Waals surface area contributed by atoms with Gasteiger partial charge in [0.05, 0.1) is 11.3 Å². The Morgan fingerprint density at radius 3 is 2.22 bits per heavy atom. The van der Waals surface area contributed by atoms with Crippen molar-refractivity contribution in [2.45, 2.75) is 19.9 Å². The Balaban J connectivity index is 2.38. The lowest BCUT2D eigenvalue weighted by atomic mass is 10.0. The zero-order valence-electron chi connectivity index (χ0n) is 15.5. The highest BCUT2D eigenvalue weighted by molar-refractivity contribution is 5.99. The first-order valence-corrected chi connectivity index (χ1v) is 8.26. The van der Waals surface area contributed by atoms with Crippen LogP contribution < -0.4 is 27.2 Å². The minimum atomic E-state index is -0.843. The maximum Gasteiger partial charge on any atom is 0.257 e. The van der Waals surface area contributed by atoms with Gasteiger partial charge in [-0.1, -0.05) is 19.9 Å². The average molecular weight is 374 g/mol. The molecule has 0 aromatic heterocycles. The second-order valence-electron chi connectivity index (χ2n) is 6.70. The summed E-state index contributed by atoms with van der Waals surface area (Å²) in [7, 11) is 3.08. The molecule has 144 valence electrons. The van der Waals surface area contributed by atoms with Crippen LogP contribution in [0.2, 0.25) is 0 Å². The number of anilines is 3. The molecular weight excluding hydrogens is 352 g/mol. The van der Waals surface area contributed by atoms with Crippen LogP contribution in [0.4, 0.5) is 17.1 Å². The van der Waals surface area contributed by atoms with E-state index in [4.69, 9.17) is 5.73 Å². The number of amides is 2. The number of nitrogens with one attached hydrogen (secondary N) is 2. The first-order chi connectivity index (χ1) is 12.6. The molecular formula is C18H22N4O5. The van der Waals surface area contributed by atoms with E-state index in [-0.39, 0.29) is 34.3 Å². The van der Waals surface area contributed by atoms with Crippen molar-refractivity contribution in [1.82, 2.24) is 4.90 Å². The molecule has 2 rings (SSSR count). The van der Waals surface area contributed by atoms with Gasteiger partial charge in [-0.15, -0.1) is 0 Å². The van der Waals surface area contributed by atoms with Gasteiger partial charge >= 0.3 is 0 Å². The van der Waals surface area contributed by atoms with Crippen molar-refractivity contribution in [2.24, 2.45) is 11.7 Å². The number of nitrogens with two attached hydrogens (primary N) is 1. The monoisotopic (exact) mass is 374 g/mol. The summed E-state index contributed by atoms with van der Waals surface area (Å²) >= 11 is 0. The molecule has 2 aromatic rings. The number of rotatable bonds is 7. The summed E-state index contributed by atoms with van der Waals surface area (Å²) in [5, 5.41) is 15.7. The second kappa shape index (κ2) is 7.48. The van der Waals surface area contributed by atoms with Crippen LogP contribution in [0.3, 0.4) is 0 Å². The molecule has 0 aliphatic rings. The summed E-state index contributed by atoms with van der Waals surface area (Å²) in [6, 6.07) is 3.57. The molecule has 9 nitrogen and oxygen atoms in total. The Morgan fingerprint density at radius 1 is 1.11 bits per heavy atom. The maximum absolute atomic E-state index is 12.1. The largest absolute Gasteiger partial charge is 0.505 e. The molecule has 0 saturated carbocycles. The molecule has 2 aromatic carbocycles. The normalized spacial score (nSPS) is 12.0. The van der Waals surface area contributed by atoms with E-state index in [0.29, 0.717) is 0 Å². The van der Waals surface area contributed by atoms with Crippen molar-refractivity contribution >= 4 is 28.9 Å². The number of carbonyl (C=O) groups is 2. The SMILES string of the molecule is CC(C)[C@@H](Nc1c(Nc2cccc(C(=O)N(C)C)c2O)c(=O)c1=O)C(N)=O. The van der Waals surface area contributed by atoms with Crippen LogP contribution >= 0.6 is 0 Å². The van der Waals surface area contributed by atoms with Gasteiger partial charge in [0.2, 0.25) is 5.91 Å². The third kappa shape index (κ3) is 3.76. The fourth-order valence-corrected chi connectivity index (χ4v) is 2.56. The number of nitrogens with zero attached hydrogens (tertiary/aromatic N) is 1. The number of aromatic hydroxyl groups is 1. The van der Waals surface area contributed by atoms with Gasteiger partial charge in [0.1, 0.15) is 17.4 Å². The molecule has 0 unspecified atom stereocenters. The predicted molar refractivity (Wildman–Crippen MR) is 102 cm³/mol. The van der Waals surface area contributed by atoms with Crippen LogP contribution in [-0.2, 0) is 4.79 Å². The number of primary amides is 1. The molecule has 0 aliphatic heterocycles. The molecule has 9 heteroatoms. The van der Waals surface area contributed by atoms with E-state index in [1.54, 1.807) is 13.8 Å². The predicted octanol–water partition coefficient (Wildman–Crippen LogP) is 0.355. The van der Waals surface area contributed by atoms with E-state index >= 15 is 0 Å². The van der Waals surface area contributed by atoms with Gasteiger partial charge in [-0.25, -0.2) is 0 Å². The highest BCUT2D eigenvalue weighted by Gasteiger charge is 2.28. The Kier molecular flexibility index (Phi) is 5.53. The smallest absolute Gasteiger partial charge is 0.257 e. The Hall–Kier alpha value is -3.36. The van der Waals surface area contributed by atoms with Gasteiger partial charge in [-0.2, -0.15) is 0 Å². The zero-order valence-corrected chi connectivity index (χ0v) is 15.5. The van der Waals surface area contributed by atoms with Gasteiger partial charge in [0, 0.05) is 14.1 Å². The lowest BCUT2D eigenvalue weighted by molar-refractivity contribution is -0.119. The number of para-hydroxylation sites is 1. The number of phenolic OH excluding ortho intramolecular Hbond substituents is 1. The number of carbonyl (C=O) groups excluding carboxylic acids is 2. The van der Waals surface area contributed by atoms with Crippen molar-refractivity contribution < 1.29 is 14.7 Å². The number of hydrogen-bond donors (Lipinski definition) is 4. The van der Waals surface area contributed by atoms with Crippen molar-refractivity contribution in [3.05, 3.63) is 44.2 Å². The Labute approximate surface area is 155 Å². The molecule has 0 heterocycles. The summed E-state index contributed by atoms with van der Waals surface area (Å²) < 4.78 is 0. The second-order valence-corrected chi connectivity index (χ2v) is 6.70. The molecule has 27 heavy (non-hydrogen) atoms. The minimum absolute atomic E-state index is 0.0374. The topological polar surface area (TPSA) is 142 Å². The summed E-state index contributed by atoms with van der Waals surface area (Å²) in [5.74, 6) is -1.65. The third-order valence-corrected chi connectivity index (χ3v) is 4.12. The van der Waals surface area contributed by atoms with Gasteiger partial charge in [-0.05, 0) is 18.1 Å². The van der Waals surface area contributed by atoms with E-state index in [1.807, 2.05) is 0 Å². The van der Waals surface area contributed by atoms with Crippen LogP contribution in [0.15, 0.2) is 27.8 Å². The number of benzene rings is 1. The lowest BCUT2D eigenvalue weighted by Crippen LogP contribution is -2.45. The summed E-state index contributed by atoms with van der Waals surface area (Å²) in [5.41, 5.74) is 3.68. The molecule has 0 spiro atoms. The number of phenols is 1. The quantitative estimate of drug-likeness (QED) is 0.405. The van der Waals surface area contributed by atoms with Crippen LogP contribution in [-0.4, -0.2) is 42.0 Å². The van der Waals surface area contributed by atoms with E-state index in [2.05, 4.69) is 10.6 Å².